The van der Waals surface area contributed by atoms with Crippen LogP contribution in [0.15, 0.2) is 0 Å². The Bertz CT molecular complexity index is 190. The monoisotopic (exact) mass is 182 g/mol. The predicted molar refractivity (Wildman–Crippen MR) is 50.4 cm³/mol. The molecule has 0 heterocycles. The molecule has 2 aliphatic carbocycles. The number of carbonyl (C=O) groups excluding carboxylic acids is 1. The average molecular weight is 182 g/mol. The summed E-state index contributed by atoms with van der Waals surface area (Å²) in [6.45, 7) is 3.16. The van der Waals surface area contributed by atoms with E-state index in [9.17, 15) is 4.79 Å². The molecule has 0 aromatic heterocycles. The lowest BCUT2D eigenvalue weighted by molar-refractivity contribution is -0.125. The maximum absolute atomic E-state index is 11.6. The lowest BCUT2D eigenvalue weighted by Crippen LogP contribution is -2.13. The molecule has 0 saturated heterocycles. The minimum Gasteiger partial charge on any atom is -0.374 e. The van der Waals surface area contributed by atoms with Gasteiger partial charge in [0.2, 0.25) is 0 Å². The zero-order chi connectivity index (χ0) is 9.26. The number of carbonyl (C=O) groups is 1. The molecule has 0 aromatic rings. The molecule has 0 aromatic carbocycles. The van der Waals surface area contributed by atoms with Gasteiger partial charge in [0.05, 0.1) is 0 Å². The number of fused-ring (bicyclic) bond motifs is 1. The molecule has 0 amide bonds. The summed E-state index contributed by atoms with van der Waals surface area (Å²) in [6, 6.07) is 0. The molecule has 13 heavy (non-hydrogen) atoms. The topological polar surface area (TPSA) is 26.3 Å². The molecule has 2 heteroatoms. The molecule has 0 bridgehead atoms. The van der Waals surface area contributed by atoms with Gasteiger partial charge in [0, 0.05) is 12.5 Å². The van der Waals surface area contributed by atoms with Crippen LogP contribution >= 0.6 is 0 Å². The van der Waals surface area contributed by atoms with Crippen LogP contribution in [0.25, 0.3) is 0 Å². The summed E-state index contributed by atoms with van der Waals surface area (Å²) in [6.07, 6.45) is 4.92. The first kappa shape index (κ1) is 9.20. The highest BCUT2D eigenvalue weighted by molar-refractivity contribution is 5.85. The number of ketones is 1. The first-order valence-electron chi connectivity index (χ1n) is 5.45. The van der Waals surface area contributed by atoms with Gasteiger partial charge in [0.25, 0.3) is 0 Å². The molecule has 0 aliphatic heterocycles. The van der Waals surface area contributed by atoms with Crippen molar-refractivity contribution < 1.29 is 9.53 Å². The van der Waals surface area contributed by atoms with Crippen LogP contribution in [0.1, 0.15) is 32.6 Å². The normalized spacial score (nSPS) is 35.9. The van der Waals surface area contributed by atoms with E-state index in [1.807, 2.05) is 0 Å². The minimum absolute atomic E-state index is 0.364. The van der Waals surface area contributed by atoms with Crippen molar-refractivity contribution in [3.05, 3.63) is 0 Å². The minimum atomic E-state index is 0.364. The Hall–Kier alpha value is -0.370. The first-order valence-corrected chi connectivity index (χ1v) is 5.45. The fraction of sp³-hybridized carbons (Fsp3) is 0.909. The van der Waals surface area contributed by atoms with Gasteiger partial charge in [-0.05, 0) is 31.1 Å². The van der Waals surface area contributed by atoms with E-state index in [2.05, 4.69) is 6.92 Å². The van der Waals surface area contributed by atoms with Crippen molar-refractivity contribution in [2.24, 2.45) is 17.8 Å². The van der Waals surface area contributed by atoms with E-state index in [-0.39, 0.29) is 0 Å². The van der Waals surface area contributed by atoms with Crippen molar-refractivity contribution in [3.8, 4) is 0 Å². The van der Waals surface area contributed by atoms with Gasteiger partial charge in [-0.15, -0.1) is 0 Å². The third-order valence-electron chi connectivity index (χ3n) is 3.37. The van der Waals surface area contributed by atoms with Gasteiger partial charge in [-0.2, -0.15) is 0 Å². The Morgan fingerprint density at radius 2 is 2.08 bits per heavy atom. The van der Waals surface area contributed by atoms with Gasteiger partial charge in [0.1, 0.15) is 6.61 Å². The quantitative estimate of drug-likeness (QED) is 0.608. The summed E-state index contributed by atoms with van der Waals surface area (Å²) >= 11 is 0. The van der Waals surface area contributed by atoms with E-state index in [1.54, 1.807) is 0 Å². The Morgan fingerprint density at radius 1 is 1.38 bits per heavy atom. The Balaban J connectivity index is 1.68. The molecule has 2 fully saturated rings. The molecule has 74 valence electrons. The smallest absolute Gasteiger partial charge is 0.162 e. The predicted octanol–water partition coefficient (Wildman–Crippen LogP) is 2.03. The second kappa shape index (κ2) is 3.79. The van der Waals surface area contributed by atoms with Crippen LogP contribution in [0.3, 0.4) is 0 Å². The van der Waals surface area contributed by atoms with Gasteiger partial charge < -0.3 is 4.74 Å². The molecule has 2 aliphatic rings. The summed E-state index contributed by atoms with van der Waals surface area (Å²) in [5.41, 5.74) is 0. The molecule has 0 N–H and O–H groups in total. The van der Waals surface area contributed by atoms with Crippen molar-refractivity contribution in [1.29, 1.82) is 0 Å². The molecule has 0 radical (unpaired) electrons. The fourth-order valence-corrected chi connectivity index (χ4v) is 2.71. The zero-order valence-corrected chi connectivity index (χ0v) is 8.29. The number of ether oxygens (including phenoxy) is 1. The van der Waals surface area contributed by atoms with Crippen LogP contribution in [0.5, 0.6) is 0 Å². The Labute approximate surface area is 79.7 Å². The molecular weight excluding hydrogens is 164 g/mol. The van der Waals surface area contributed by atoms with Crippen LogP contribution in [-0.4, -0.2) is 19.0 Å². The average Bonchev–Trinajstić information content (AvgIpc) is 2.61. The molecule has 2 nitrogen and oxygen atoms in total. The second-order valence-corrected chi connectivity index (χ2v) is 4.30. The van der Waals surface area contributed by atoms with Gasteiger partial charge in [-0.25, -0.2) is 0 Å². The maximum Gasteiger partial charge on any atom is 0.162 e. The van der Waals surface area contributed by atoms with Crippen molar-refractivity contribution in [2.45, 2.75) is 32.6 Å². The molecular formula is C11H18O2. The number of hydrogen-bond donors (Lipinski definition) is 0. The highest BCUT2D eigenvalue weighted by Crippen LogP contribution is 2.57. The van der Waals surface area contributed by atoms with E-state index in [1.165, 1.54) is 19.3 Å². The summed E-state index contributed by atoms with van der Waals surface area (Å²) < 4.78 is 5.26. The van der Waals surface area contributed by atoms with Gasteiger partial charge >= 0.3 is 0 Å². The molecule has 2 saturated carbocycles. The van der Waals surface area contributed by atoms with Crippen molar-refractivity contribution in [2.75, 3.05) is 13.2 Å². The number of hydrogen-bond acceptors (Lipinski definition) is 2. The van der Waals surface area contributed by atoms with E-state index >= 15 is 0 Å². The molecule has 2 rings (SSSR count). The summed E-state index contributed by atoms with van der Waals surface area (Å²) in [7, 11) is 0. The van der Waals surface area contributed by atoms with Crippen molar-refractivity contribution in [1.82, 2.24) is 0 Å². The van der Waals surface area contributed by atoms with Crippen LogP contribution in [0.4, 0.5) is 0 Å². The molecule has 2 atom stereocenters. The molecule has 2 unspecified atom stereocenters. The van der Waals surface area contributed by atoms with Crippen molar-refractivity contribution >= 4 is 5.78 Å². The van der Waals surface area contributed by atoms with Gasteiger partial charge in [-0.3, -0.25) is 4.79 Å². The lowest BCUT2D eigenvalue weighted by atomic mass is 10.1. The van der Waals surface area contributed by atoms with Crippen LogP contribution < -0.4 is 0 Å². The number of rotatable bonds is 5. The van der Waals surface area contributed by atoms with Gasteiger partial charge in [-0.1, -0.05) is 13.3 Å². The number of Topliss-reactive ketones (excluding diaryl/α,β-unsaturated/α-hetero) is 1. The molecule has 0 spiro atoms. The summed E-state index contributed by atoms with van der Waals surface area (Å²) in [5, 5.41) is 0. The standard InChI is InChI=1S/C11H18O2/c1-2-6-13-7-10(12)11-8-4-3-5-9(8)11/h8-9,11H,2-7H2,1H3. The third kappa shape index (κ3) is 1.78. The summed E-state index contributed by atoms with van der Waals surface area (Å²) in [4.78, 5) is 11.6. The Morgan fingerprint density at radius 3 is 2.69 bits per heavy atom. The van der Waals surface area contributed by atoms with Crippen LogP contribution in [0.2, 0.25) is 0 Å². The SMILES string of the molecule is CCCOCC(=O)C1C2CCCC21. The van der Waals surface area contributed by atoms with E-state index in [0.29, 0.717) is 18.3 Å². The highest BCUT2D eigenvalue weighted by Gasteiger charge is 2.55. The van der Waals surface area contributed by atoms with Crippen LogP contribution in [-0.2, 0) is 9.53 Å². The first-order chi connectivity index (χ1) is 6.34. The summed E-state index contributed by atoms with van der Waals surface area (Å²) in [5.74, 6) is 2.25. The van der Waals surface area contributed by atoms with E-state index in [4.69, 9.17) is 4.74 Å². The van der Waals surface area contributed by atoms with E-state index in [0.717, 1.165) is 24.9 Å². The Kier molecular flexibility index (Phi) is 2.68. The maximum atomic E-state index is 11.6. The largest absolute Gasteiger partial charge is 0.374 e. The lowest BCUT2D eigenvalue weighted by Gasteiger charge is -2.03. The van der Waals surface area contributed by atoms with Gasteiger partial charge in [0.15, 0.2) is 5.78 Å². The third-order valence-corrected chi connectivity index (χ3v) is 3.37. The zero-order valence-electron chi connectivity index (χ0n) is 8.29. The van der Waals surface area contributed by atoms with Crippen LogP contribution in [0, 0.1) is 17.8 Å². The fourth-order valence-electron chi connectivity index (χ4n) is 2.71. The van der Waals surface area contributed by atoms with Crippen molar-refractivity contribution in [3.63, 3.8) is 0 Å². The van der Waals surface area contributed by atoms with E-state index < -0.39 is 0 Å². The second-order valence-electron chi connectivity index (χ2n) is 4.30. The highest BCUT2D eigenvalue weighted by atomic mass is 16.5.